The molecule has 1 aromatic heterocycles. The Balaban J connectivity index is 1.82. The third kappa shape index (κ3) is 3.86. The van der Waals surface area contributed by atoms with E-state index >= 15 is 0 Å². The number of nitrogens with one attached hydrogen (secondary N) is 1. The highest BCUT2D eigenvalue weighted by molar-refractivity contribution is 5.92. The van der Waals surface area contributed by atoms with E-state index in [1.54, 1.807) is 35.9 Å². The first kappa shape index (κ1) is 19.5. The highest BCUT2D eigenvalue weighted by Gasteiger charge is 2.12. The van der Waals surface area contributed by atoms with E-state index in [4.69, 9.17) is 9.47 Å². The molecule has 0 aliphatic rings. The first-order chi connectivity index (χ1) is 13.4. The Morgan fingerprint density at radius 3 is 2.54 bits per heavy atom. The predicted octanol–water partition coefficient (Wildman–Crippen LogP) is 3.66. The van der Waals surface area contributed by atoms with Crippen LogP contribution in [0.3, 0.4) is 0 Å². The quantitative estimate of drug-likeness (QED) is 0.708. The molecule has 0 saturated heterocycles. The molecule has 6 heteroatoms. The number of ether oxygens (including phenoxy) is 2. The molecule has 0 bridgehead atoms. The molecule has 0 aliphatic heterocycles. The summed E-state index contributed by atoms with van der Waals surface area (Å²) in [6, 6.07) is 12.7. The summed E-state index contributed by atoms with van der Waals surface area (Å²) in [6.07, 6.45) is 0.168. The maximum atomic E-state index is 12.5. The lowest BCUT2D eigenvalue weighted by Gasteiger charge is -2.15. The molecule has 0 unspecified atom stereocenters. The van der Waals surface area contributed by atoms with Crippen molar-refractivity contribution in [2.45, 2.75) is 26.8 Å². The maximum absolute atomic E-state index is 12.5. The normalized spacial score (nSPS) is 10.7. The zero-order chi connectivity index (χ0) is 20.3. The number of rotatable bonds is 6. The minimum Gasteiger partial charge on any atom is -0.497 e. The molecule has 146 valence electrons. The summed E-state index contributed by atoms with van der Waals surface area (Å²) in [5.74, 6) is 0.960. The standard InChI is InChI=1S/C22H24N2O4/c1-14-6-5-7-17-15(2)12-21(26)24(22(14)17)11-10-20(25)23-18-9-8-16(27-3)13-19(18)28-4/h5-9,12-13H,10-11H2,1-4H3,(H,23,25). The van der Waals surface area contributed by atoms with E-state index < -0.39 is 0 Å². The first-order valence-corrected chi connectivity index (χ1v) is 9.06. The van der Waals surface area contributed by atoms with Gasteiger partial charge in [-0.3, -0.25) is 9.59 Å². The van der Waals surface area contributed by atoms with Crippen molar-refractivity contribution in [3.05, 3.63) is 63.9 Å². The Bertz CT molecular complexity index is 1090. The molecule has 3 aromatic rings. The van der Waals surface area contributed by atoms with Gasteiger partial charge in [0.25, 0.3) is 5.56 Å². The second-order valence-corrected chi connectivity index (χ2v) is 6.65. The summed E-state index contributed by atoms with van der Waals surface area (Å²) in [4.78, 5) is 25.0. The summed E-state index contributed by atoms with van der Waals surface area (Å²) in [7, 11) is 3.10. The molecule has 1 amide bonds. The summed E-state index contributed by atoms with van der Waals surface area (Å²) < 4.78 is 12.1. The minimum absolute atomic E-state index is 0.103. The lowest BCUT2D eigenvalue weighted by atomic mass is 10.1. The van der Waals surface area contributed by atoms with Crippen molar-refractivity contribution in [1.29, 1.82) is 0 Å². The minimum atomic E-state index is -0.197. The van der Waals surface area contributed by atoms with Crippen LogP contribution in [-0.2, 0) is 11.3 Å². The first-order valence-electron chi connectivity index (χ1n) is 9.06. The van der Waals surface area contributed by atoms with Gasteiger partial charge >= 0.3 is 0 Å². The van der Waals surface area contributed by atoms with Crippen LogP contribution in [0, 0.1) is 13.8 Å². The number of benzene rings is 2. The van der Waals surface area contributed by atoms with E-state index in [1.807, 2.05) is 32.0 Å². The van der Waals surface area contributed by atoms with Crippen molar-refractivity contribution in [3.63, 3.8) is 0 Å². The molecular formula is C22H24N2O4. The Labute approximate surface area is 163 Å². The Morgan fingerprint density at radius 1 is 1.04 bits per heavy atom. The highest BCUT2D eigenvalue weighted by atomic mass is 16.5. The van der Waals surface area contributed by atoms with Crippen LogP contribution >= 0.6 is 0 Å². The Hall–Kier alpha value is -3.28. The fourth-order valence-corrected chi connectivity index (χ4v) is 3.34. The topological polar surface area (TPSA) is 69.6 Å². The number of amides is 1. The average Bonchev–Trinajstić information content (AvgIpc) is 2.68. The highest BCUT2D eigenvalue weighted by Crippen LogP contribution is 2.29. The van der Waals surface area contributed by atoms with E-state index in [1.165, 1.54) is 7.11 Å². The molecule has 1 N–H and O–H groups in total. The number of nitrogens with zero attached hydrogens (tertiary/aromatic N) is 1. The number of hydrogen-bond donors (Lipinski definition) is 1. The molecule has 6 nitrogen and oxygen atoms in total. The largest absolute Gasteiger partial charge is 0.497 e. The van der Waals surface area contributed by atoms with Crippen molar-refractivity contribution in [3.8, 4) is 11.5 Å². The molecule has 0 radical (unpaired) electrons. The number of aromatic nitrogens is 1. The predicted molar refractivity (Wildman–Crippen MR) is 110 cm³/mol. The number of pyridine rings is 1. The summed E-state index contributed by atoms with van der Waals surface area (Å²) in [5, 5.41) is 3.87. The summed E-state index contributed by atoms with van der Waals surface area (Å²) in [5.41, 5.74) is 3.28. The van der Waals surface area contributed by atoms with E-state index in [9.17, 15) is 9.59 Å². The van der Waals surface area contributed by atoms with Crippen molar-refractivity contribution >= 4 is 22.5 Å². The van der Waals surface area contributed by atoms with Gasteiger partial charge in [-0.15, -0.1) is 0 Å². The number of para-hydroxylation sites is 1. The van der Waals surface area contributed by atoms with Crippen LogP contribution in [0.5, 0.6) is 11.5 Å². The number of fused-ring (bicyclic) bond motifs is 1. The third-order valence-corrected chi connectivity index (χ3v) is 4.78. The lowest BCUT2D eigenvalue weighted by Crippen LogP contribution is -2.24. The molecule has 0 saturated carbocycles. The van der Waals surface area contributed by atoms with E-state index in [-0.39, 0.29) is 17.9 Å². The van der Waals surface area contributed by atoms with Crippen molar-refractivity contribution < 1.29 is 14.3 Å². The van der Waals surface area contributed by atoms with Crippen LogP contribution in [0.4, 0.5) is 5.69 Å². The molecule has 0 aliphatic carbocycles. The van der Waals surface area contributed by atoms with E-state index in [0.717, 1.165) is 22.0 Å². The fourth-order valence-electron chi connectivity index (χ4n) is 3.34. The van der Waals surface area contributed by atoms with Gasteiger partial charge in [0, 0.05) is 30.5 Å². The van der Waals surface area contributed by atoms with Gasteiger partial charge in [0.2, 0.25) is 5.91 Å². The summed E-state index contributed by atoms with van der Waals surface area (Å²) >= 11 is 0. The van der Waals surface area contributed by atoms with Crippen molar-refractivity contribution in [1.82, 2.24) is 4.57 Å². The van der Waals surface area contributed by atoms with Gasteiger partial charge < -0.3 is 19.4 Å². The van der Waals surface area contributed by atoms with Gasteiger partial charge in [0.1, 0.15) is 11.5 Å². The van der Waals surface area contributed by atoms with Gasteiger partial charge in [-0.25, -0.2) is 0 Å². The molecular weight excluding hydrogens is 356 g/mol. The molecule has 28 heavy (non-hydrogen) atoms. The van der Waals surface area contributed by atoms with Gasteiger partial charge in [-0.1, -0.05) is 18.2 Å². The Kier molecular flexibility index (Phi) is 5.68. The van der Waals surface area contributed by atoms with Crippen LogP contribution < -0.4 is 20.3 Å². The van der Waals surface area contributed by atoms with Crippen LogP contribution in [0.15, 0.2) is 47.3 Å². The van der Waals surface area contributed by atoms with Gasteiger partial charge in [-0.2, -0.15) is 0 Å². The molecule has 0 atom stereocenters. The zero-order valence-electron chi connectivity index (χ0n) is 16.5. The SMILES string of the molecule is COc1ccc(NC(=O)CCn2c(=O)cc(C)c3cccc(C)c32)c(OC)c1. The lowest BCUT2D eigenvalue weighted by molar-refractivity contribution is -0.116. The van der Waals surface area contributed by atoms with Crippen LogP contribution in [0.1, 0.15) is 17.5 Å². The number of anilines is 1. The maximum Gasteiger partial charge on any atom is 0.251 e. The van der Waals surface area contributed by atoms with Crippen LogP contribution in [-0.4, -0.2) is 24.7 Å². The van der Waals surface area contributed by atoms with Crippen LogP contribution in [0.25, 0.3) is 10.9 Å². The molecule has 0 spiro atoms. The number of methoxy groups -OCH3 is 2. The van der Waals surface area contributed by atoms with Gasteiger partial charge in [-0.05, 0) is 37.1 Å². The van der Waals surface area contributed by atoms with Crippen molar-refractivity contribution in [2.75, 3.05) is 19.5 Å². The molecule has 0 fully saturated rings. The van der Waals surface area contributed by atoms with Gasteiger partial charge in [0.05, 0.1) is 25.4 Å². The molecule has 2 aromatic carbocycles. The number of aryl methyl sites for hydroxylation is 3. The van der Waals surface area contributed by atoms with Crippen molar-refractivity contribution in [2.24, 2.45) is 0 Å². The monoisotopic (exact) mass is 380 g/mol. The number of carbonyl (C=O) groups excluding carboxylic acids is 1. The fraction of sp³-hybridized carbons (Fsp3) is 0.273. The average molecular weight is 380 g/mol. The smallest absolute Gasteiger partial charge is 0.251 e. The van der Waals surface area contributed by atoms with E-state index in [0.29, 0.717) is 23.7 Å². The second kappa shape index (κ2) is 8.17. The zero-order valence-corrected chi connectivity index (χ0v) is 16.5. The molecule has 1 heterocycles. The number of carbonyl (C=O) groups is 1. The second-order valence-electron chi connectivity index (χ2n) is 6.65. The number of hydrogen-bond acceptors (Lipinski definition) is 4. The van der Waals surface area contributed by atoms with Crippen LogP contribution in [0.2, 0.25) is 0 Å². The van der Waals surface area contributed by atoms with E-state index in [2.05, 4.69) is 5.32 Å². The third-order valence-electron chi connectivity index (χ3n) is 4.78. The Morgan fingerprint density at radius 2 is 1.82 bits per heavy atom. The molecule has 3 rings (SSSR count). The van der Waals surface area contributed by atoms with Gasteiger partial charge in [0.15, 0.2) is 0 Å². The summed E-state index contributed by atoms with van der Waals surface area (Å²) in [6.45, 7) is 4.20.